The summed E-state index contributed by atoms with van der Waals surface area (Å²) in [5, 5.41) is 0. The van der Waals surface area contributed by atoms with E-state index in [2.05, 4.69) is 48.0 Å². The minimum Gasteiger partial charge on any atom is -0.439 e. The van der Waals surface area contributed by atoms with Crippen LogP contribution in [0.4, 0.5) is 11.4 Å². The zero-order chi connectivity index (χ0) is 14.8. The van der Waals surface area contributed by atoms with Crippen LogP contribution in [0.5, 0.6) is 0 Å². The average molecular weight is 281 g/mol. The van der Waals surface area contributed by atoms with Crippen LogP contribution in [0, 0.1) is 6.92 Å². The van der Waals surface area contributed by atoms with E-state index in [-0.39, 0.29) is 0 Å². The van der Waals surface area contributed by atoms with Gasteiger partial charge in [0.2, 0.25) is 5.89 Å². The van der Waals surface area contributed by atoms with Gasteiger partial charge in [-0.25, -0.2) is 4.98 Å². The Morgan fingerprint density at radius 1 is 1.19 bits per heavy atom. The summed E-state index contributed by atoms with van der Waals surface area (Å²) >= 11 is 0. The molecule has 0 radical (unpaired) electrons. The van der Waals surface area contributed by atoms with Crippen LogP contribution in [0.1, 0.15) is 18.4 Å². The van der Waals surface area contributed by atoms with Gasteiger partial charge in [0.25, 0.3) is 0 Å². The number of fused-ring (bicyclic) bond motifs is 1. The number of nitrogen functional groups attached to an aromatic ring is 1. The van der Waals surface area contributed by atoms with Gasteiger partial charge in [-0.1, -0.05) is 18.2 Å². The van der Waals surface area contributed by atoms with Crippen LogP contribution in [-0.2, 0) is 6.54 Å². The van der Waals surface area contributed by atoms with Crippen molar-refractivity contribution in [1.82, 2.24) is 4.98 Å². The van der Waals surface area contributed by atoms with Crippen molar-refractivity contribution < 1.29 is 4.42 Å². The lowest BCUT2D eigenvalue weighted by atomic mass is 10.2. The third kappa shape index (κ3) is 2.70. The molecule has 108 valence electrons. The zero-order valence-electron chi connectivity index (χ0n) is 12.3. The Morgan fingerprint density at radius 3 is 2.76 bits per heavy atom. The number of hydrogen-bond donors (Lipinski definition) is 1. The molecule has 0 unspecified atom stereocenters. The Bertz CT molecular complexity index is 764. The quantitative estimate of drug-likeness (QED) is 0.740. The topological polar surface area (TPSA) is 55.3 Å². The van der Waals surface area contributed by atoms with Crippen molar-refractivity contribution in [2.75, 3.05) is 17.2 Å². The lowest BCUT2D eigenvalue weighted by molar-refractivity contribution is 0.521. The van der Waals surface area contributed by atoms with E-state index in [1.807, 2.05) is 18.2 Å². The Hall–Kier alpha value is -2.49. The molecule has 0 saturated carbocycles. The third-order valence-electron chi connectivity index (χ3n) is 3.62. The first kappa shape index (κ1) is 13.5. The van der Waals surface area contributed by atoms with Crippen molar-refractivity contribution in [3.63, 3.8) is 0 Å². The maximum Gasteiger partial charge on any atom is 0.215 e. The summed E-state index contributed by atoms with van der Waals surface area (Å²) in [6, 6.07) is 13.9. The molecular weight excluding hydrogens is 262 g/mol. The van der Waals surface area contributed by atoms with E-state index in [0.29, 0.717) is 18.1 Å². The summed E-state index contributed by atoms with van der Waals surface area (Å²) in [6.07, 6.45) is 0. The highest BCUT2D eigenvalue weighted by molar-refractivity contribution is 5.76. The molecule has 1 aromatic heterocycles. The number of aromatic nitrogens is 1. The highest BCUT2D eigenvalue weighted by Crippen LogP contribution is 2.23. The summed E-state index contributed by atoms with van der Waals surface area (Å²) in [5.41, 5.74) is 10.5. The number of rotatable bonds is 4. The molecule has 0 aliphatic carbocycles. The minimum absolute atomic E-state index is 0.649. The second-order valence-electron chi connectivity index (χ2n) is 5.14. The number of anilines is 2. The lowest BCUT2D eigenvalue weighted by Gasteiger charge is -2.23. The molecule has 21 heavy (non-hydrogen) atoms. The van der Waals surface area contributed by atoms with Gasteiger partial charge in [-0.3, -0.25) is 0 Å². The molecule has 0 spiro atoms. The van der Waals surface area contributed by atoms with E-state index in [4.69, 9.17) is 10.2 Å². The highest BCUT2D eigenvalue weighted by atomic mass is 16.3. The van der Waals surface area contributed by atoms with Gasteiger partial charge in [0, 0.05) is 24.0 Å². The Balaban J connectivity index is 1.90. The monoisotopic (exact) mass is 281 g/mol. The van der Waals surface area contributed by atoms with E-state index in [1.165, 1.54) is 11.3 Å². The predicted molar refractivity (Wildman–Crippen MR) is 86.3 cm³/mol. The van der Waals surface area contributed by atoms with Crippen LogP contribution in [0.15, 0.2) is 46.9 Å². The van der Waals surface area contributed by atoms with E-state index in [1.54, 1.807) is 0 Å². The summed E-state index contributed by atoms with van der Waals surface area (Å²) < 4.78 is 5.81. The minimum atomic E-state index is 0.649. The van der Waals surface area contributed by atoms with Crippen molar-refractivity contribution in [1.29, 1.82) is 0 Å². The maximum atomic E-state index is 5.81. The van der Waals surface area contributed by atoms with Gasteiger partial charge in [-0.15, -0.1) is 0 Å². The first-order valence-electron chi connectivity index (χ1n) is 7.13. The fourth-order valence-electron chi connectivity index (χ4n) is 2.51. The summed E-state index contributed by atoms with van der Waals surface area (Å²) in [5.74, 6) is 0.709. The predicted octanol–water partition coefficient (Wildman–Crippen LogP) is 3.74. The van der Waals surface area contributed by atoms with Gasteiger partial charge in [0.15, 0.2) is 5.58 Å². The SMILES string of the molecule is CCN(Cc1nc2ccc(N)cc2o1)c1ccccc1C. The molecule has 0 bridgehead atoms. The van der Waals surface area contributed by atoms with Crippen molar-refractivity contribution in [2.24, 2.45) is 0 Å². The molecular formula is C17H19N3O. The first-order valence-corrected chi connectivity index (χ1v) is 7.13. The van der Waals surface area contributed by atoms with Gasteiger partial charge >= 0.3 is 0 Å². The van der Waals surface area contributed by atoms with Crippen LogP contribution in [0.2, 0.25) is 0 Å². The number of oxazole rings is 1. The first-order chi connectivity index (χ1) is 10.2. The number of hydrogen-bond acceptors (Lipinski definition) is 4. The maximum absolute atomic E-state index is 5.81. The standard InChI is InChI=1S/C17H19N3O/c1-3-20(15-7-5-4-6-12(15)2)11-17-19-14-9-8-13(18)10-16(14)21-17/h4-10H,3,11,18H2,1-2H3. The van der Waals surface area contributed by atoms with E-state index in [9.17, 15) is 0 Å². The fraction of sp³-hybridized carbons (Fsp3) is 0.235. The Labute approximate surface area is 124 Å². The Kier molecular flexibility index (Phi) is 3.52. The molecule has 0 fully saturated rings. The molecule has 2 N–H and O–H groups in total. The molecule has 4 heteroatoms. The summed E-state index contributed by atoms with van der Waals surface area (Å²) in [4.78, 5) is 6.79. The van der Waals surface area contributed by atoms with Gasteiger partial charge in [-0.2, -0.15) is 0 Å². The van der Waals surface area contributed by atoms with Gasteiger partial charge < -0.3 is 15.1 Å². The van der Waals surface area contributed by atoms with Crippen molar-refractivity contribution in [3.05, 3.63) is 53.9 Å². The lowest BCUT2D eigenvalue weighted by Crippen LogP contribution is -2.22. The normalized spacial score (nSPS) is 11.0. The second kappa shape index (κ2) is 5.48. The van der Waals surface area contributed by atoms with Crippen LogP contribution in [0.25, 0.3) is 11.1 Å². The molecule has 2 aromatic carbocycles. The largest absolute Gasteiger partial charge is 0.439 e. The number of aryl methyl sites for hydroxylation is 1. The fourth-order valence-corrected chi connectivity index (χ4v) is 2.51. The molecule has 0 saturated heterocycles. The van der Waals surface area contributed by atoms with Gasteiger partial charge in [0.1, 0.15) is 5.52 Å². The summed E-state index contributed by atoms with van der Waals surface area (Å²) in [7, 11) is 0. The molecule has 4 nitrogen and oxygen atoms in total. The Morgan fingerprint density at radius 2 is 2.00 bits per heavy atom. The zero-order valence-corrected chi connectivity index (χ0v) is 12.3. The summed E-state index contributed by atoms with van der Waals surface area (Å²) in [6.45, 7) is 5.79. The number of para-hydroxylation sites is 1. The number of nitrogens with two attached hydrogens (primary N) is 1. The smallest absolute Gasteiger partial charge is 0.215 e. The second-order valence-corrected chi connectivity index (χ2v) is 5.14. The molecule has 0 aliphatic heterocycles. The number of benzene rings is 2. The third-order valence-corrected chi connectivity index (χ3v) is 3.62. The van der Waals surface area contributed by atoms with Gasteiger partial charge in [0.05, 0.1) is 6.54 Å². The van der Waals surface area contributed by atoms with Crippen molar-refractivity contribution in [3.8, 4) is 0 Å². The molecule has 3 rings (SSSR count). The molecule has 0 aliphatic rings. The molecule has 1 heterocycles. The van der Waals surface area contributed by atoms with E-state index >= 15 is 0 Å². The molecule has 0 atom stereocenters. The van der Waals surface area contributed by atoms with Gasteiger partial charge in [-0.05, 0) is 37.6 Å². The van der Waals surface area contributed by atoms with Crippen LogP contribution in [0.3, 0.4) is 0 Å². The number of nitrogens with zero attached hydrogens (tertiary/aromatic N) is 2. The van der Waals surface area contributed by atoms with Crippen LogP contribution < -0.4 is 10.6 Å². The van der Waals surface area contributed by atoms with Crippen LogP contribution >= 0.6 is 0 Å². The van der Waals surface area contributed by atoms with E-state index in [0.717, 1.165) is 17.6 Å². The average Bonchev–Trinajstić information content (AvgIpc) is 2.87. The van der Waals surface area contributed by atoms with Crippen molar-refractivity contribution in [2.45, 2.75) is 20.4 Å². The molecule has 3 aromatic rings. The highest BCUT2D eigenvalue weighted by Gasteiger charge is 2.12. The van der Waals surface area contributed by atoms with Crippen LogP contribution in [-0.4, -0.2) is 11.5 Å². The van der Waals surface area contributed by atoms with Crippen molar-refractivity contribution >= 4 is 22.5 Å². The van der Waals surface area contributed by atoms with E-state index < -0.39 is 0 Å². The molecule has 0 amide bonds.